The highest BCUT2D eigenvalue weighted by molar-refractivity contribution is 6.30. The molecule has 3 N–H and O–H groups in total. The number of rotatable bonds is 8. The second-order valence-electron chi connectivity index (χ2n) is 11.5. The summed E-state index contributed by atoms with van der Waals surface area (Å²) in [6.45, 7) is 4.57. The van der Waals surface area contributed by atoms with E-state index >= 15 is 0 Å². The van der Waals surface area contributed by atoms with Crippen molar-refractivity contribution in [3.63, 3.8) is 0 Å². The monoisotopic (exact) mass is 551 g/mol. The van der Waals surface area contributed by atoms with Crippen LogP contribution in [0.25, 0.3) is 0 Å². The molecule has 2 aromatic carbocycles. The van der Waals surface area contributed by atoms with Gasteiger partial charge in [-0.15, -0.1) is 0 Å². The lowest BCUT2D eigenvalue weighted by Gasteiger charge is -2.38. The second kappa shape index (κ2) is 13.3. The van der Waals surface area contributed by atoms with E-state index in [-0.39, 0.29) is 17.9 Å². The lowest BCUT2D eigenvalue weighted by atomic mass is 9.92. The molecule has 3 heterocycles. The average molecular weight is 552 g/mol. The van der Waals surface area contributed by atoms with E-state index < -0.39 is 6.04 Å². The Morgan fingerprint density at radius 2 is 1.64 bits per heavy atom. The number of likely N-dealkylation sites (tertiary alicyclic amines) is 2. The molecule has 5 rings (SSSR count). The first-order chi connectivity index (χ1) is 18.9. The molecule has 0 saturated carbocycles. The van der Waals surface area contributed by atoms with Crippen molar-refractivity contribution < 1.29 is 9.59 Å². The number of hydrogen-bond acceptors (Lipinski definition) is 5. The number of fused-ring (bicyclic) bond motifs is 1. The molecule has 0 spiro atoms. The lowest BCUT2D eigenvalue weighted by molar-refractivity contribution is -0.137. The van der Waals surface area contributed by atoms with Crippen LogP contribution < -0.4 is 16.0 Å². The van der Waals surface area contributed by atoms with E-state index in [0.29, 0.717) is 43.0 Å². The number of amides is 2. The van der Waals surface area contributed by atoms with E-state index in [9.17, 15) is 9.59 Å². The first kappa shape index (κ1) is 28.1. The van der Waals surface area contributed by atoms with Gasteiger partial charge in [-0.25, -0.2) is 0 Å². The molecule has 3 aliphatic heterocycles. The number of piperidine rings is 2. The maximum Gasteiger partial charge on any atom is 0.245 e. The van der Waals surface area contributed by atoms with E-state index in [0.717, 1.165) is 44.5 Å². The van der Waals surface area contributed by atoms with Crippen molar-refractivity contribution in [3.05, 3.63) is 70.2 Å². The third kappa shape index (κ3) is 7.60. The Hall–Kier alpha value is -2.45. The summed E-state index contributed by atoms with van der Waals surface area (Å²) in [6.07, 6.45) is 5.99. The summed E-state index contributed by atoms with van der Waals surface area (Å²) in [6, 6.07) is 16.2. The Morgan fingerprint density at radius 1 is 0.974 bits per heavy atom. The normalized spacial score (nSPS) is 21.8. The molecular weight excluding hydrogens is 510 g/mol. The Bertz CT molecular complexity index is 1110. The molecule has 0 aromatic heterocycles. The van der Waals surface area contributed by atoms with Gasteiger partial charge in [-0.05, 0) is 87.6 Å². The predicted octanol–water partition coefficient (Wildman–Crippen LogP) is 3.32. The summed E-state index contributed by atoms with van der Waals surface area (Å²) in [5.74, 6) is -0.0941. The number of nitrogens with zero attached hydrogens (tertiary/aromatic N) is 2. The van der Waals surface area contributed by atoms with Gasteiger partial charge in [-0.3, -0.25) is 9.59 Å². The first-order valence-electron chi connectivity index (χ1n) is 14.5. The minimum Gasteiger partial charge on any atom is -0.344 e. The lowest BCUT2D eigenvalue weighted by Crippen LogP contribution is -2.55. The largest absolute Gasteiger partial charge is 0.344 e. The van der Waals surface area contributed by atoms with Crippen molar-refractivity contribution in [1.29, 1.82) is 0 Å². The molecule has 2 saturated heterocycles. The Kier molecular flexibility index (Phi) is 9.56. The molecule has 7 nitrogen and oxygen atoms in total. The van der Waals surface area contributed by atoms with Crippen LogP contribution in [-0.4, -0.2) is 79.5 Å². The number of nitrogens with one attached hydrogen (secondary N) is 3. The minimum atomic E-state index is -0.601. The molecule has 0 aliphatic carbocycles. The maximum atomic E-state index is 13.8. The van der Waals surface area contributed by atoms with Gasteiger partial charge in [0, 0.05) is 49.1 Å². The Morgan fingerprint density at radius 3 is 2.36 bits per heavy atom. The molecule has 8 heteroatoms. The van der Waals surface area contributed by atoms with Gasteiger partial charge in [0.25, 0.3) is 0 Å². The minimum absolute atomic E-state index is 0.00745. The van der Waals surface area contributed by atoms with Crippen LogP contribution in [0.15, 0.2) is 48.5 Å². The smallest absolute Gasteiger partial charge is 0.245 e. The molecule has 0 bridgehead atoms. The van der Waals surface area contributed by atoms with Crippen molar-refractivity contribution in [2.75, 3.05) is 39.8 Å². The zero-order valence-corrected chi connectivity index (χ0v) is 23.8. The third-order valence-corrected chi connectivity index (χ3v) is 8.84. The Balaban J connectivity index is 1.20. The molecule has 2 aromatic rings. The molecule has 39 heavy (non-hydrogen) atoms. The van der Waals surface area contributed by atoms with Crippen molar-refractivity contribution in [2.24, 2.45) is 0 Å². The van der Waals surface area contributed by atoms with Crippen LogP contribution in [0, 0.1) is 0 Å². The van der Waals surface area contributed by atoms with Crippen LogP contribution >= 0.6 is 11.6 Å². The molecular formula is C31H42ClN5O2. The van der Waals surface area contributed by atoms with Crippen molar-refractivity contribution >= 4 is 23.4 Å². The second-order valence-corrected chi connectivity index (χ2v) is 11.9. The summed E-state index contributed by atoms with van der Waals surface area (Å²) in [5.41, 5.74) is 3.45. The van der Waals surface area contributed by atoms with Gasteiger partial charge >= 0.3 is 0 Å². The summed E-state index contributed by atoms with van der Waals surface area (Å²) < 4.78 is 0. The van der Waals surface area contributed by atoms with Crippen LogP contribution in [0.1, 0.15) is 54.8 Å². The van der Waals surface area contributed by atoms with Crippen LogP contribution in [0.5, 0.6) is 0 Å². The molecule has 3 aliphatic rings. The molecule has 2 amide bonds. The average Bonchev–Trinajstić information content (AvgIpc) is 2.95. The number of carbonyl (C=O) groups excluding carboxylic acids is 2. The van der Waals surface area contributed by atoms with Gasteiger partial charge in [0.1, 0.15) is 6.04 Å². The highest BCUT2D eigenvalue weighted by Gasteiger charge is 2.31. The quantitative estimate of drug-likeness (QED) is 0.469. The Labute approximate surface area is 237 Å². The number of carbonyl (C=O) groups is 2. The highest BCUT2D eigenvalue weighted by Crippen LogP contribution is 2.25. The number of halogens is 1. The highest BCUT2D eigenvalue weighted by atomic mass is 35.5. The van der Waals surface area contributed by atoms with E-state index in [4.69, 9.17) is 11.6 Å². The third-order valence-electron chi connectivity index (χ3n) is 8.59. The van der Waals surface area contributed by atoms with Gasteiger partial charge in [0.05, 0.1) is 0 Å². The number of benzene rings is 2. The summed E-state index contributed by atoms with van der Waals surface area (Å²) >= 11 is 6.10. The fourth-order valence-electron chi connectivity index (χ4n) is 6.27. The SMILES string of the molecule is CN1CCC(NC2CCN(C(=O)C(Cc3ccc(Cl)cc3)NC(=O)CC3NCCc4ccccc43)CC2)CC1. The van der Waals surface area contributed by atoms with Gasteiger partial charge in [0.2, 0.25) is 11.8 Å². The van der Waals surface area contributed by atoms with Gasteiger partial charge < -0.3 is 25.8 Å². The van der Waals surface area contributed by atoms with Crippen molar-refractivity contribution in [2.45, 2.75) is 69.1 Å². The summed E-state index contributed by atoms with van der Waals surface area (Å²) in [5, 5.41) is 11.1. The van der Waals surface area contributed by atoms with Crippen LogP contribution in [0.2, 0.25) is 5.02 Å². The zero-order valence-electron chi connectivity index (χ0n) is 23.0. The molecule has 2 fully saturated rings. The molecule has 2 unspecified atom stereocenters. The molecule has 0 radical (unpaired) electrons. The summed E-state index contributed by atoms with van der Waals surface area (Å²) in [7, 11) is 2.18. The van der Waals surface area contributed by atoms with E-state index in [1.807, 2.05) is 35.2 Å². The number of hydrogen-bond donors (Lipinski definition) is 3. The van der Waals surface area contributed by atoms with Crippen LogP contribution in [0.3, 0.4) is 0 Å². The van der Waals surface area contributed by atoms with Crippen molar-refractivity contribution in [3.8, 4) is 0 Å². The standard InChI is InChI=1S/C31H42ClN5O2/c1-36-16-11-25(12-17-36)34-26-13-18-37(19-14-26)31(39)29(20-22-6-8-24(32)9-7-22)35-30(38)21-28-27-5-3-2-4-23(27)10-15-33-28/h2-9,25-26,28-29,33-34H,10-21H2,1H3,(H,35,38). The first-order valence-corrected chi connectivity index (χ1v) is 14.9. The zero-order chi connectivity index (χ0) is 27.2. The maximum absolute atomic E-state index is 13.8. The van der Waals surface area contributed by atoms with E-state index in [1.165, 1.54) is 24.0 Å². The topological polar surface area (TPSA) is 76.7 Å². The fourth-order valence-corrected chi connectivity index (χ4v) is 6.39. The summed E-state index contributed by atoms with van der Waals surface area (Å²) in [4.78, 5) is 31.4. The van der Waals surface area contributed by atoms with Gasteiger partial charge in [0.15, 0.2) is 0 Å². The van der Waals surface area contributed by atoms with E-state index in [2.05, 4.69) is 46.1 Å². The van der Waals surface area contributed by atoms with Crippen LogP contribution in [0.4, 0.5) is 0 Å². The van der Waals surface area contributed by atoms with E-state index in [1.54, 1.807) is 0 Å². The fraction of sp³-hybridized carbons (Fsp3) is 0.548. The van der Waals surface area contributed by atoms with Crippen molar-refractivity contribution in [1.82, 2.24) is 25.8 Å². The predicted molar refractivity (Wildman–Crippen MR) is 156 cm³/mol. The van der Waals surface area contributed by atoms with Crippen LogP contribution in [-0.2, 0) is 22.4 Å². The van der Waals surface area contributed by atoms with Gasteiger partial charge in [-0.1, -0.05) is 48.0 Å². The van der Waals surface area contributed by atoms with Gasteiger partial charge in [-0.2, -0.15) is 0 Å². The molecule has 210 valence electrons. The molecule has 2 atom stereocenters.